The molecule has 0 saturated carbocycles. The molecule has 0 amide bonds. The molecule has 0 aromatic heterocycles. The van der Waals surface area contributed by atoms with Gasteiger partial charge in [0.15, 0.2) is 9.92 Å². The fourth-order valence-electron chi connectivity index (χ4n) is 3.34. The van der Waals surface area contributed by atoms with Crippen LogP contribution in [-0.2, 0) is 19.9 Å². The average molecular weight is 472 g/mol. The van der Waals surface area contributed by atoms with Crippen molar-refractivity contribution in [1.29, 1.82) is 0 Å². The Morgan fingerprint density at radius 2 is 1.47 bits per heavy atom. The maximum atomic E-state index is 14.2. The molecule has 0 aliphatic carbocycles. The second-order valence-electron chi connectivity index (χ2n) is 7.64. The van der Waals surface area contributed by atoms with Gasteiger partial charge in [0.1, 0.15) is 0 Å². The molecule has 0 bridgehead atoms. The quantitative estimate of drug-likeness (QED) is 0.301. The molecule has 0 radical (unpaired) electrons. The van der Waals surface area contributed by atoms with Crippen molar-refractivity contribution in [1.82, 2.24) is 4.31 Å². The van der Waals surface area contributed by atoms with Gasteiger partial charge < -0.3 is 0 Å². The number of non-ortho nitro benzene ring substituents is 1. The molecular formula is C22H21N3O5S2. The van der Waals surface area contributed by atoms with Crippen LogP contribution in [0.3, 0.4) is 0 Å². The Hall–Kier alpha value is -3.08. The first kappa shape index (κ1) is 22.1. The zero-order valence-electron chi connectivity index (χ0n) is 17.4. The molecule has 0 N–H and O–H groups in total. The summed E-state index contributed by atoms with van der Waals surface area (Å²) < 4.78 is 45.7. The van der Waals surface area contributed by atoms with Gasteiger partial charge >= 0.3 is 0 Å². The maximum Gasteiger partial charge on any atom is 0.291 e. The number of nitrogens with zero attached hydrogens (tertiary/aromatic N) is 3. The number of hydrogen-bond donors (Lipinski definition) is 0. The van der Waals surface area contributed by atoms with E-state index in [1.165, 1.54) is 28.6 Å². The highest BCUT2D eigenvalue weighted by atomic mass is 32.3. The molecule has 8 nitrogen and oxygen atoms in total. The smallest absolute Gasteiger partial charge is 0.258 e. The molecule has 0 spiro atoms. The Labute approximate surface area is 187 Å². The molecule has 166 valence electrons. The Balaban J connectivity index is 1.82. The number of rotatable bonds is 6. The topological polar surface area (TPSA) is 110 Å². The van der Waals surface area contributed by atoms with Gasteiger partial charge in [-0.2, -0.15) is 8.42 Å². The highest BCUT2D eigenvalue weighted by Gasteiger charge is 2.45. The maximum absolute atomic E-state index is 14.2. The lowest BCUT2D eigenvalue weighted by Gasteiger charge is -2.13. The van der Waals surface area contributed by atoms with Gasteiger partial charge in [0, 0.05) is 18.7 Å². The molecular weight excluding hydrogens is 450 g/mol. The molecule has 4 rings (SSSR count). The van der Waals surface area contributed by atoms with E-state index >= 15 is 0 Å². The van der Waals surface area contributed by atoms with Crippen LogP contribution in [0.1, 0.15) is 22.7 Å². The predicted molar refractivity (Wildman–Crippen MR) is 121 cm³/mol. The van der Waals surface area contributed by atoms with Crippen LogP contribution in [0.25, 0.3) is 0 Å². The van der Waals surface area contributed by atoms with Gasteiger partial charge in [-0.1, -0.05) is 51.3 Å². The second kappa shape index (κ2) is 8.12. The van der Waals surface area contributed by atoms with Gasteiger partial charge in [-0.05, 0) is 43.7 Å². The molecule has 3 aromatic carbocycles. The molecule has 1 aliphatic heterocycles. The number of sulfonamides is 1. The van der Waals surface area contributed by atoms with Crippen LogP contribution in [0.5, 0.6) is 0 Å². The predicted octanol–water partition coefficient (Wildman–Crippen LogP) is 4.40. The minimum atomic E-state index is -4.23. The lowest BCUT2D eigenvalue weighted by atomic mass is 10.1. The van der Waals surface area contributed by atoms with Crippen molar-refractivity contribution in [3.8, 4) is 0 Å². The van der Waals surface area contributed by atoms with Crippen LogP contribution in [0.2, 0.25) is 0 Å². The fraction of sp³-hybridized carbons (Fsp3) is 0.182. The van der Waals surface area contributed by atoms with E-state index in [9.17, 15) is 22.7 Å². The highest BCUT2D eigenvalue weighted by molar-refractivity contribution is 8.02. The Morgan fingerprint density at radius 1 is 0.906 bits per heavy atom. The summed E-state index contributed by atoms with van der Waals surface area (Å²) in [6, 6.07) is 18.5. The van der Waals surface area contributed by atoms with Gasteiger partial charge in [0.25, 0.3) is 15.7 Å². The summed E-state index contributed by atoms with van der Waals surface area (Å²) in [4.78, 5) is 10.9. The van der Waals surface area contributed by atoms with Crippen LogP contribution in [0.15, 0.2) is 86.4 Å². The summed E-state index contributed by atoms with van der Waals surface area (Å²) in [5.74, 6) is 0. The normalized spacial score (nSPS) is 19.7. The number of benzene rings is 3. The SMILES string of the molecule is Cc1ccc(S(=O)(=O)N=S(=O)(c2ccc(C)cc2)N2CC2c2cccc([N+](=O)[O-])c2)cc1. The molecule has 32 heavy (non-hydrogen) atoms. The molecule has 3 unspecified atom stereocenters. The van der Waals surface area contributed by atoms with E-state index in [4.69, 9.17) is 0 Å². The summed E-state index contributed by atoms with van der Waals surface area (Å²) in [5.41, 5.74) is 2.32. The fourth-order valence-corrected chi connectivity index (χ4v) is 7.48. The number of nitro benzene ring substituents is 1. The van der Waals surface area contributed by atoms with Crippen LogP contribution in [0.4, 0.5) is 5.69 Å². The largest absolute Gasteiger partial charge is 0.291 e. The van der Waals surface area contributed by atoms with Crippen LogP contribution in [0, 0.1) is 24.0 Å². The Kier molecular flexibility index (Phi) is 5.61. The van der Waals surface area contributed by atoms with Crippen molar-refractivity contribution >= 4 is 25.6 Å². The second-order valence-corrected chi connectivity index (χ2v) is 11.6. The lowest BCUT2D eigenvalue weighted by molar-refractivity contribution is -0.384. The van der Waals surface area contributed by atoms with Crippen molar-refractivity contribution in [3.05, 3.63) is 99.6 Å². The monoisotopic (exact) mass is 471 g/mol. The number of aryl methyl sites for hydroxylation is 2. The van der Waals surface area contributed by atoms with Gasteiger partial charge in [0.2, 0.25) is 0 Å². The van der Waals surface area contributed by atoms with E-state index in [0.717, 1.165) is 11.1 Å². The van der Waals surface area contributed by atoms with Gasteiger partial charge in [-0.3, -0.25) is 10.1 Å². The zero-order chi connectivity index (χ0) is 23.1. The molecule has 1 heterocycles. The molecule has 10 heteroatoms. The van der Waals surface area contributed by atoms with E-state index in [1.54, 1.807) is 48.5 Å². The Bertz CT molecular complexity index is 1410. The molecule has 1 saturated heterocycles. The molecule has 1 fully saturated rings. The van der Waals surface area contributed by atoms with Crippen molar-refractivity contribution < 1.29 is 17.6 Å². The lowest BCUT2D eigenvalue weighted by Crippen LogP contribution is -2.16. The first-order chi connectivity index (χ1) is 15.1. The number of nitro groups is 1. The zero-order valence-corrected chi connectivity index (χ0v) is 19.0. The van der Waals surface area contributed by atoms with E-state index in [0.29, 0.717) is 5.56 Å². The van der Waals surface area contributed by atoms with Crippen LogP contribution in [-0.4, -0.2) is 28.4 Å². The van der Waals surface area contributed by atoms with Gasteiger partial charge in [0.05, 0.1) is 20.8 Å². The van der Waals surface area contributed by atoms with Gasteiger partial charge in [-0.15, -0.1) is 0 Å². The third-order valence-corrected chi connectivity index (χ3v) is 9.58. The minimum absolute atomic E-state index is 0.0447. The van der Waals surface area contributed by atoms with Gasteiger partial charge in [-0.25, -0.2) is 8.51 Å². The van der Waals surface area contributed by atoms with Crippen molar-refractivity contribution in [3.63, 3.8) is 0 Å². The highest BCUT2D eigenvalue weighted by Crippen LogP contribution is 2.43. The third-order valence-electron chi connectivity index (χ3n) is 5.20. The van der Waals surface area contributed by atoms with Crippen LogP contribution >= 0.6 is 0 Å². The van der Waals surface area contributed by atoms with E-state index < -0.39 is 30.9 Å². The van der Waals surface area contributed by atoms with E-state index in [1.807, 2.05) is 13.8 Å². The standard InChI is InChI=1S/C22H21N3O5S2/c1-16-6-10-20(11-7-16)31(28,23-32(29,30)21-12-8-17(2)9-13-21)24-15-22(24)18-4-3-5-19(14-18)25(26)27/h3-14,22H,15H2,1-2H3. The van der Waals surface area contributed by atoms with E-state index in [-0.39, 0.29) is 22.0 Å². The molecule has 3 aromatic rings. The van der Waals surface area contributed by atoms with Crippen molar-refractivity contribution in [2.45, 2.75) is 29.7 Å². The summed E-state index contributed by atoms with van der Waals surface area (Å²) in [6.45, 7) is 3.97. The Morgan fingerprint density at radius 3 is 2.03 bits per heavy atom. The van der Waals surface area contributed by atoms with Crippen molar-refractivity contribution in [2.75, 3.05) is 6.54 Å². The van der Waals surface area contributed by atoms with Crippen molar-refractivity contribution in [2.24, 2.45) is 3.77 Å². The number of hydrogen-bond acceptors (Lipinski definition) is 5. The first-order valence-electron chi connectivity index (χ1n) is 9.78. The third kappa shape index (κ3) is 4.29. The van der Waals surface area contributed by atoms with Crippen LogP contribution < -0.4 is 0 Å². The molecule has 3 atom stereocenters. The summed E-state index contributed by atoms with van der Waals surface area (Å²) in [6.07, 6.45) is 0. The molecule has 1 aliphatic rings. The summed E-state index contributed by atoms with van der Waals surface area (Å²) in [7, 11) is -7.76. The summed E-state index contributed by atoms with van der Waals surface area (Å²) >= 11 is 0. The first-order valence-corrected chi connectivity index (χ1v) is 12.7. The van der Waals surface area contributed by atoms with E-state index in [2.05, 4.69) is 3.77 Å². The summed E-state index contributed by atoms with van der Waals surface area (Å²) in [5, 5.41) is 11.1. The average Bonchev–Trinajstić information content (AvgIpc) is 3.56. The minimum Gasteiger partial charge on any atom is -0.258 e.